The number of rotatable bonds is 3. The van der Waals surface area contributed by atoms with Gasteiger partial charge in [-0.2, -0.15) is 0 Å². The maximum atomic E-state index is 12.9. The van der Waals surface area contributed by atoms with Crippen LogP contribution in [-0.4, -0.2) is 11.1 Å². The van der Waals surface area contributed by atoms with Gasteiger partial charge >= 0.3 is 5.97 Å². The van der Waals surface area contributed by atoms with E-state index in [1.807, 2.05) is 0 Å². The summed E-state index contributed by atoms with van der Waals surface area (Å²) in [5.74, 6) is -0.534. The lowest BCUT2D eigenvalue weighted by atomic mass is 10.2. The number of nitrogens with zero attached hydrogens (tertiary/aromatic N) is 1. The van der Waals surface area contributed by atoms with Crippen LogP contribution in [0.1, 0.15) is 27.4 Å². The first kappa shape index (κ1) is 13.5. The molecule has 4 nitrogen and oxygen atoms in total. The molecule has 0 spiro atoms. The number of carbonyl (C=O) groups excluding carboxylic acids is 1. The van der Waals surface area contributed by atoms with Gasteiger partial charge in [-0.25, -0.2) is 9.18 Å². The Kier molecular flexibility index (Phi) is 3.85. The smallest absolute Gasteiger partial charge is 0.339 e. The van der Waals surface area contributed by atoms with E-state index in [2.05, 4.69) is 5.16 Å². The maximum Gasteiger partial charge on any atom is 0.339 e. The molecule has 6 heteroatoms. The molecule has 2 aromatic rings. The first-order chi connectivity index (χ1) is 8.99. The van der Waals surface area contributed by atoms with Gasteiger partial charge in [0, 0.05) is 0 Å². The van der Waals surface area contributed by atoms with Crippen LogP contribution in [0.2, 0.25) is 5.02 Å². The topological polar surface area (TPSA) is 52.3 Å². The number of ether oxygens (including phenoxy) is 1. The number of aromatic nitrogens is 1. The van der Waals surface area contributed by atoms with Crippen LogP contribution in [0, 0.1) is 19.7 Å². The van der Waals surface area contributed by atoms with Crippen LogP contribution in [0.15, 0.2) is 22.7 Å². The molecule has 0 atom stereocenters. The van der Waals surface area contributed by atoms with E-state index >= 15 is 0 Å². The number of hydrogen-bond donors (Lipinski definition) is 0. The largest absolute Gasteiger partial charge is 0.457 e. The predicted molar refractivity (Wildman–Crippen MR) is 66.5 cm³/mol. The van der Waals surface area contributed by atoms with Crippen molar-refractivity contribution in [2.24, 2.45) is 0 Å². The molecule has 0 aliphatic rings. The highest BCUT2D eigenvalue weighted by atomic mass is 35.5. The number of hydrogen-bond acceptors (Lipinski definition) is 4. The molecule has 0 fully saturated rings. The summed E-state index contributed by atoms with van der Waals surface area (Å²) < 4.78 is 22.9. The summed E-state index contributed by atoms with van der Waals surface area (Å²) in [7, 11) is 0. The van der Waals surface area contributed by atoms with Gasteiger partial charge in [0.15, 0.2) is 0 Å². The summed E-state index contributed by atoms with van der Waals surface area (Å²) in [5, 5.41) is 3.77. The van der Waals surface area contributed by atoms with Gasteiger partial charge < -0.3 is 9.26 Å². The normalized spacial score (nSPS) is 10.5. The fraction of sp³-hybridized carbons (Fsp3) is 0.231. The van der Waals surface area contributed by atoms with Gasteiger partial charge in [-0.05, 0) is 32.0 Å². The van der Waals surface area contributed by atoms with Crippen molar-refractivity contribution in [3.8, 4) is 0 Å². The van der Waals surface area contributed by atoms with Crippen molar-refractivity contribution in [2.75, 3.05) is 0 Å². The Morgan fingerprint density at radius 2 is 2.21 bits per heavy atom. The van der Waals surface area contributed by atoms with E-state index in [9.17, 15) is 9.18 Å². The van der Waals surface area contributed by atoms with Crippen molar-refractivity contribution in [3.05, 3.63) is 51.6 Å². The Balaban J connectivity index is 2.10. The van der Waals surface area contributed by atoms with Gasteiger partial charge in [0.05, 0.1) is 21.8 Å². The van der Waals surface area contributed by atoms with Crippen LogP contribution in [0.4, 0.5) is 4.39 Å². The van der Waals surface area contributed by atoms with Crippen LogP contribution in [-0.2, 0) is 11.3 Å². The molecule has 2 rings (SSSR count). The molecule has 0 radical (unpaired) electrons. The van der Waals surface area contributed by atoms with Gasteiger partial charge in [0.25, 0.3) is 0 Å². The Morgan fingerprint density at radius 1 is 1.47 bits per heavy atom. The number of halogens is 2. The van der Waals surface area contributed by atoms with E-state index in [0.29, 0.717) is 17.0 Å². The molecular weight excluding hydrogens is 273 g/mol. The minimum Gasteiger partial charge on any atom is -0.457 e. The van der Waals surface area contributed by atoms with Gasteiger partial charge in [-0.1, -0.05) is 16.8 Å². The third-order valence-electron chi connectivity index (χ3n) is 2.68. The number of esters is 1. The number of benzene rings is 1. The summed E-state index contributed by atoms with van der Waals surface area (Å²) in [6.45, 7) is 3.52. The SMILES string of the molecule is Cc1noc(C)c1COC(=O)c1ccc(F)cc1Cl. The molecule has 0 aliphatic carbocycles. The average Bonchev–Trinajstić information content (AvgIpc) is 2.66. The molecule has 0 amide bonds. The maximum absolute atomic E-state index is 12.9. The first-order valence-corrected chi connectivity index (χ1v) is 5.90. The third kappa shape index (κ3) is 2.93. The molecule has 19 heavy (non-hydrogen) atoms. The Morgan fingerprint density at radius 3 is 2.79 bits per heavy atom. The second-order valence-electron chi connectivity index (χ2n) is 4.00. The summed E-state index contributed by atoms with van der Waals surface area (Å²) in [6, 6.07) is 3.50. The Labute approximate surface area is 114 Å². The summed E-state index contributed by atoms with van der Waals surface area (Å²) in [4.78, 5) is 11.8. The molecule has 100 valence electrons. The molecule has 1 aromatic heterocycles. The minimum atomic E-state index is -0.620. The second-order valence-corrected chi connectivity index (χ2v) is 4.41. The lowest BCUT2D eigenvalue weighted by molar-refractivity contribution is 0.0471. The van der Waals surface area contributed by atoms with Crippen molar-refractivity contribution in [2.45, 2.75) is 20.5 Å². The summed E-state index contributed by atoms with van der Waals surface area (Å²) >= 11 is 5.78. The molecule has 0 aliphatic heterocycles. The summed E-state index contributed by atoms with van der Waals surface area (Å²) in [5.41, 5.74) is 1.50. The zero-order valence-electron chi connectivity index (χ0n) is 10.4. The lowest BCUT2D eigenvalue weighted by Gasteiger charge is -2.06. The van der Waals surface area contributed by atoms with Gasteiger partial charge in [0.1, 0.15) is 18.2 Å². The van der Waals surface area contributed by atoms with Crippen molar-refractivity contribution in [3.63, 3.8) is 0 Å². The predicted octanol–water partition coefficient (Wildman–Crippen LogP) is 3.44. The van der Waals surface area contributed by atoms with Crippen LogP contribution >= 0.6 is 11.6 Å². The summed E-state index contributed by atoms with van der Waals surface area (Å²) in [6.07, 6.45) is 0. The number of carbonyl (C=O) groups is 1. The van der Waals surface area contributed by atoms with Gasteiger partial charge in [-0.15, -0.1) is 0 Å². The molecule has 1 aromatic carbocycles. The zero-order valence-corrected chi connectivity index (χ0v) is 11.1. The van der Waals surface area contributed by atoms with E-state index in [-0.39, 0.29) is 17.2 Å². The fourth-order valence-electron chi connectivity index (χ4n) is 1.58. The second kappa shape index (κ2) is 5.40. The van der Waals surface area contributed by atoms with Crippen LogP contribution in [0.5, 0.6) is 0 Å². The molecule has 0 unspecified atom stereocenters. The van der Waals surface area contributed by atoms with E-state index in [0.717, 1.165) is 12.1 Å². The highest BCUT2D eigenvalue weighted by molar-refractivity contribution is 6.33. The van der Waals surface area contributed by atoms with Crippen molar-refractivity contribution >= 4 is 17.6 Å². The standard InChI is InChI=1S/C13H11ClFNO3/c1-7-11(8(2)19-16-7)6-18-13(17)10-4-3-9(15)5-12(10)14/h3-5H,6H2,1-2H3. The lowest BCUT2D eigenvalue weighted by Crippen LogP contribution is -2.07. The molecular formula is C13H11ClFNO3. The van der Waals surface area contributed by atoms with E-state index in [1.54, 1.807) is 13.8 Å². The molecule has 0 bridgehead atoms. The van der Waals surface area contributed by atoms with E-state index < -0.39 is 11.8 Å². The fourth-order valence-corrected chi connectivity index (χ4v) is 1.82. The van der Waals surface area contributed by atoms with E-state index in [1.165, 1.54) is 6.07 Å². The van der Waals surface area contributed by atoms with Crippen molar-refractivity contribution in [1.82, 2.24) is 5.16 Å². The molecule has 1 heterocycles. The third-order valence-corrected chi connectivity index (χ3v) is 2.99. The highest BCUT2D eigenvalue weighted by Crippen LogP contribution is 2.20. The van der Waals surface area contributed by atoms with Gasteiger partial charge in [-0.3, -0.25) is 0 Å². The van der Waals surface area contributed by atoms with Crippen LogP contribution < -0.4 is 0 Å². The van der Waals surface area contributed by atoms with Crippen molar-refractivity contribution in [1.29, 1.82) is 0 Å². The zero-order chi connectivity index (χ0) is 14.0. The minimum absolute atomic E-state index is 0.0174. The Hall–Kier alpha value is -1.88. The average molecular weight is 284 g/mol. The molecule has 0 saturated heterocycles. The first-order valence-electron chi connectivity index (χ1n) is 5.53. The highest BCUT2D eigenvalue weighted by Gasteiger charge is 2.15. The van der Waals surface area contributed by atoms with Crippen LogP contribution in [0.25, 0.3) is 0 Å². The van der Waals surface area contributed by atoms with Crippen molar-refractivity contribution < 1.29 is 18.4 Å². The number of aryl methyl sites for hydroxylation is 2. The van der Waals surface area contributed by atoms with E-state index in [4.69, 9.17) is 20.9 Å². The van der Waals surface area contributed by atoms with Gasteiger partial charge in [0.2, 0.25) is 0 Å². The monoisotopic (exact) mass is 283 g/mol. The quantitative estimate of drug-likeness (QED) is 0.810. The Bertz CT molecular complexity index is 605. The molecule has 0 saturated carbocycles. The molecule has 0 N–H and O–H groups in total. The van der Waals surface area contributed by atoms with Crippen LogP contribution in [0.3, 0.4) is 0 Å².